The Hall–Kier alpha value is -3.06. The predicted octanol–water partition coefficient (Wildman–Crippen LogP) is 5.08. The van der Waals surface area contributed by atoms with Gasteiger partial charge in [-0.25, -0.2) is 8.78 Å². The van der Waals surface area contributed by atoms with Crippen molar-refractivity contribution in [2.45, 2.75) is 19.9 Å². The molecule has 0 radical (unpaired) electrons. The maximum atomic E-state index is 13.9. The quantitative estimate of drug-likeness (QED) is 0.628. The number of carbonyl (C=O) groups excluding carboxylic acids is 2. The molecule has 1 atom stereocenters. The zero-order chi connectivity index (χ0) is 20.3. The molecule has 0 saturated carbocycles. The minimum absolute atomic E-state index is 0.185. The van der Waals surface area contributed by atoms with Crippen LogP contribution in [0.1, 0.15) is 44.1 Å². The smallest absolute Gasteiger partial charge is 0.262 e. The number of halogens is 2. The Kier molecular flexibility index (Phi) is 5.84. The monoisotopic (exact) mass is 400 g/mol. The van der Waals surface area contributed by atoms with Gasteiger partial charge in [-0.3, -0.25) is 9.59 Å². The highest BCUT2D eigenvalue weighted by atomic mass is 32.1. The zero-order valence-corrected chi connectivity index (χ0v) is 16.1. The summed E-state index contributed by atoms with van der Waals surface area (Å²) >= 11 is 1.10. The highest BCUT2D eigenvalue weighted by molar-refractivity contribution is 7.18. The molecule has 7 heteroatoms. The maximum Gasteiger partial charge on any atom is 0.262 e. The van der Waals surface area contributed by atoms with Crippen LogP contribution in [-0.2, 0) is 0 Å². The Morgan fingerprint density at radius 2 is 1.75 bits per heavy atom. The third kappa shape index (κ3) is 4.43. The fourth-order valence-corrected chi connectivity index (χ4v) is 3.72. The summed E-state index contributed by atoms with van der Waals surface area (Å²) in [5, 5.41) is 5.91. The molecule has 3 aromatic rings. The van der Waals surface area contributed by atoms with Crippen LogP contribution < -0.4 is 10.6 Å². The van der Waals surface area contributed by atoms with Gasteiger partial charge in [-0.15, -0.1) is 11.3 Å². The first-order valence-electron chi connectivity index (χ1n) is 8.58. The van der Waals surface area contributed by atoms with Crippen LogP contribution in [0.2, 0.25) is 0 Å². The van der Waals surface area contributed by atoms with Crippen molar-refractivity contribution in [2.75, 3.05) is 5.32 Å². The summed E-state index contributed by atoms with van der Waals surface area (Å²) in [6.45, 7) is 3.45. The van der Waals surface area contributed by atoms with E-state index in [4.69, 9.17) is 0 Å². The molecule has 3 rings (SSSR count). The number of amides is 2. The van der Waals surface area contributed by atoms with E-state index in [0.29, 0.717) is 21.0 Å². The van der Waals surface area contributed by atoms with E-state index in [1.165, 1.54) is 24.3 Å². The van der Waals surface area contributed by atoms with Crippen LogP contribution in [0.5, 0.6) is 0 Å². The van der Waals surface area contributed by atoms with Gasteiger partial charge in [0, 0.05) is 11.1 Å². The molecule has 0 spiro atoms. The number of rotatable bonds is 5. The summed E-state index contributed by atoms with van der Waals surface area (Å²) in [6.07, 6.45) is 0. The third-order valence-electron chi connectivity index (χ3n) is 4.17. The Bertz CT molecular complexity index is 1030. The molecule has 0 saturated heterocycles. The van der Waals surface area contributed by atoms with E-state index in [9.17, 15) is 18.4 Å². The van der Waals surface area contributed by atoms with Crippen molar-refractivity contribution in [2.24, 2.45) is 0 Å². The van der Waals surface area contributed by atoms with Crippen LogP contribution in [0.25, 0.3) is 0 Å². The van der Waals surface area contributed by atoms with Crippen molar-refractivity contribution >= 4 is 28.2 Å². The van der Waals surface area contributed by atoms with E-state index in [0.717, 1.165) is 17.4 Å². The van der Waals surface area contributed by atoms with E-state index in [1.807, 2.05) is 0 Å². The normalized spacial score (nSPS) is 11.7. The highest BCUT2D eigenvalue weighted by Gasteiger charge is 2.19. The number of aryl methyl sites for hydroxylation is 1. The van der Waals surface area contributed by atoms with Gasteiger partial charge in [0.15, 0.2) is 0 Å². The van der Waals surface area contributed by atoms with Gasteiger partial charge in [-0.1, -0.05) is 24.3 Å². The zero-order valence-electron chi connectivity index (χ0n) is 15.3. The fourth-order valence-electron chi connectivity index (χ4n) is 2.75. The molecule has 0 fully saturated rings. The standard InChI is InChI=1S/C21H18F2N2O2S/c1-12-10-18(25-20(26)14-6-5-7-15(22)11-14)28-19(12)21(27)24-13(2)16-8-3-4-9-17(16)23/h3-11,13H,1-2H3,(H,24,27)(H,25,26)/t13-/m1/s1. The number of hydrogen-bond acceptors (Lipinski definition) is 3. The van der Waals surface area contributed by atoms with Crippen LogP contribution in [0.15, 0.2) is 54.6 Å². The van der Waals surface area contributed by atoms with Gasteiger partial charge in [-0.05, 0) is 49.7 Å². The van der Waals surface area contributed by atoms with Gasteiger partial charge >= 0.3 is 0 Å². The lowest BCUT2D eigenvalue weighted by molar-refractivity contribution is 0.0942. The Morgan fingerprint density at radius 3 is 2.46 bits per heavy atom. The second-order valence-corrected chi connectivity index (χ2v) is 7.36. The molecule has 2 N–H and O–H groups in total. The molecular formula is C21H18F2N2O2S. The van der Waals surface area contributed by atoms with Crippen LogP contribution >= 0.6 is 11.3 Å². The molecule has 1 heterocycles. The highest BCUT2D eigenvalue weighted by Crippen LogP contribution is 2.28. The van der Waals surface area contributed by atoms with E-state index in [1.54, 1.807) is 38.1 Å². The predicted molar refractivity (Wildman–Crippen MR) is 106 cm³/mol. The van der Waals surface area contributed by atoms with Gasteiger partial charge in [0.1, 0.15) is 11.6 Å². The summed E-state index contributed by atoms with van der Waals surface area (Å²) in [4.78, 5) is 25.2. The molecule has 0 aliphatic rings. The van der Waals surface area contributed by atoms with Crippen molar-refractivity contribution in [1.82, 2.24) is 5.32 Å². The molecule has 2 aromatic carbocycles. The van der Waals surface area contributed by atoms with Crippen LogP contribution in [0.3, 0.4) is 0 Å². The minimum Gasteiger partial charge on any atom is -0.345 e. The molecule has 144 valence electrons. The fraction of sp³-hybridized carbons (Fsp3) is 0.143. The molecule has 0 aliphatic heterocycles. The van der Waals surface area contributed by atoms with E-state index in [-0.39, 0.29) is 17.3 Å². The number of thiophene rings is 1. The van der Waals surface area contributed by atoms with Crippen molar-refractivity contribution in [3.63, 3.8) is 0 Å². The van der Waals surface area contributed by atoms with Gasteiger partial charge in [0.2, 0.25) is 0 Å². The van der Waals surface area contributed by atoms with Gasteiger partial charge in [-0.2, -0.15) is 0 Å². The average Bonchev–Trinajstić information content (AvgIpc) is 3.02. The summed E-state index contributed by atoms with van der Waals surface area (Å²) in [5.74, 6) is -1.71. The molecular weight excluding hydrogens is 382 g/mol. The lowest BCUT2D eigenvalue weighted by Crippen LogP contribution is -2.27. The van der Waals surface area contributed by atoms with Gasteiger partial charge in [0.05, 0.1) is 15.9 Å². The topological polar surface area (TPSA) is 58.2 Å². The average molecular weight is 400 g/mol. The summed E-state index contributed by atoms with van der Waals surface area (Å²) < 4.78 is 27.2. The molecule has 0 unspecified atom stereocenters. The first-order valence-corrected chi connectivity index (χ1v) is 9.39. The minimum atomic E-state index is -0.513. The molecule has 28 heavy (non-hydrogen) atoms. The summed E-state index contributed by atoms with van der Waals surface area (Å²) in [6, 6.07) is 12.8. The lowest BCUT2D eigenvalue weighted by Gasteiger charge is -2.14. The maximum absolute atomic E-state index is 13.9. The number of anilines is 1. The number of carbonyl (C=O) groups is 2. The van der Waals surface area contributed by atoms with Gasteiger partial charge in [0.25, 0.3) is 11.8 Å². The second-order valence-electron chi connectivity index (χ2n) is 6.30. The first kappa shape index (κ1) is 19.7. The molecule has 0 aliphatic carbocycles. The van der Waals surface area contributed by atoms with Crippen molar-refractivity contribution < 1.29 is 18.4 Å². The van der Waals surface area contributed by atoms with Crippen LogP contribution in [0, 0.1) is 18.6 Å². The van der Waals surface area contributed by atoms with E-state index < -0.39 is 17.8 Å². The molecule has 1 aromatic heterocycles. The summed E-state index contributed by atoms with van der Waals surface area (Å²) in [7, 11) is 0. The number of nitrogens with one attached hydrogen (secondary N) is 2. The Morgan fingerprint density at radius 1 is 1.00 bits per heavy atom. The van der Waals surface area contributed by atoms with E-state index >= 15 is 0 Å². The van der Waals surface area contributed by atoms with E-state index in [2.05, 4.69) is 10.6 Å². The largest absolute Gasteiger partial charge is 0.345 e. The Labute approximate surface area is 165 Å². The summed E-state index contributed by atoms with van der Waals surface area (Å²) in [5.41, 5.74) is 1.26. The van der Waals surface area contributed by atoms with Crippen LogP contribution in [0.4, 0.5) is 13.8 Å². The van der Waals surface area contributed by atoms with Gasteiger partial charge < -0.3 is 10.6 Å². The number of hydrogen-bond donors (Lipinski definition) is 2. The van der Waals surface area contributed by atoms with Crippen LogP contribution in [-0.4, -0.2) is 11.8 Å². The van der Waals surface area contributed by atoms with Crippen molar-refractivity contribution in [1.29, 1.82) is 0 Å². The SMILES string of the molecule is Cc1cc(NC(=O)c2cccc(F)c2)sc1C(=O)N[C@H](C)c1ccccc1F. The molecule has 2 amide bonds. The Balaban J connectivity index is 1.72. The number of benzene rings is 2. The van der Waals surface area contributed by atoms with Crippen molar-refractivity contribution in [3.05, 3.63) is 87.8 Å². The third-order valence-corrected chi connectivity index (χ3v) is 5.32. The lowest BCUT2D eigenvalue weighted by atomic mass is 10.1. The first-order chi connectivity index (χ1) is 13.3. The second kappa shape index (κ2) is 8.31. The molecule has 0 bridgehead atoms. The molecule has 4 nitrogen and oxygen atoms in total. The van der Waals surface area contributed by atoms with Crippen molar-refractivity contribution in [3.8, 4) is 0 Å².